The van der Waals surface area contributed by atoms with Gasteiger partial charge in [-0.1, -0.05) is 23.2 Å². The van der Waals surface area contributed by atoms with E-state index >= 15 is 0 Å². The number of methoxy groups -OCH3 is 1. The summed E-state index contributed by atoms with van der Waals surface area (Å²) >= 11 is 11.7. The SMILES string of the molecule is COC12CCCC1C(Cl)(Cl)C2=O. The van der Waals surface area contributed by atoms with Gasteiger partial charge in [0.2, 0.25) is 5.78 Å². The highest BCUT2D eigenvalue weighted by Gasteiger charge is 2.72. The second-order valence-electron chi connectivity index (χ2n) is 3.49. The molecule has 0 aliphatic heterocycles. The maximum atomic E-state index is 11.5. The topological polar surface area (TPSA) is 26.3 Å². The van der Waals surface area contributed by atoms with E-state index in [2.05, 4.69) is 0 Å². The van der Waals surface area contributed by atoms with Gasteiger partial charge in [0.1, 0.15) is 5.60 Å². The zero-order valence-electron chi connectivity index (χ0n) is 6.77. The van der Waals surface area contributed by atoms with Crippen molar-refractivity contribution in [1.82, 2.24) is 0 Å². The van der Waals surface area contributed by atoms with Crippen LogP contribution < -0.4 is 0 Å². The highest BCUT2D eigenvalue weighted by atomic mass is 35.5. The fourth-order valence-electron chi connectivity index (χ4n) is 2.42. The summed E-state index contributed by atoms with van der Waals surface area (Å²) in [5.41, 5.74) is -0.635. The quantitative estimate of drug-likeness (QED) is 0.616. The molecule has 0 radical (unpaired) electrons. The van der Waals surface area contributed by atoms with E-state index in [1.807, 2.05) is 0 Å². The highest BCUT2D eigenvalue weighted by Crippen LogP contribution is 2.60. The van der Waals surface area contributed by atoms with Crippen LogP contribution in [0.4, 0.5) is 0 Å². The van der Waals surface area contributed by atoms with Crippen molar-refractivity contribution >= 4 is 29.0 Å². The van der Waals surface area contributed by atoms with Gasteiger partial charge in [-0.15, -0.1) is 0 Å². The molecule has 12 heavy (non-hydrogen) atoms. The van der Waals surface area contributed by atoms with Gasteiger partial charge >= 0.3 is 0 Å². The van der Waals surface area contributed by atoms with Crippen LogP contribution in [0.3, 0.4) is 0 Å². The smallest absolute Gasteiger partial charge is 0.201 e. The van der Waals surface area contributed by atoms with Gasteiger partial charge in [0.05, 0.1) is 0 Å². The summed E-state index contributed by atoms with van der Waals surface area (Å²) in [5.74, 6) is -0.144. The van der Waals surface area contributed by atoms with Crippen LogP contribution >= 0.6 is 23.2 Å². The molecule has 0 amide bonds. The molecule has 0 N–H and O–H groups in total. The minimum atomic E-state index is -1.17. The normalized spacial score (nSPS) is 43.9. The van der Waals surface area contributed by atoms with E-state index in [0.29, 0.717) is 0 Å². The van der Waals surface area contributed by atoms with Crippen LogP contribution in [0.5, 0.6) is 0 Å². The van der Waals surface area contributed by atoms with E-state index in [-0.39, 0.29) is 11.7 Å². The Morgan fingerprint density at radius 3 is 2.75 bits per heavy atom. The molecule has 2 unspecified atom stereocenters. The number of Topliss-reactive ketones (excluding diaryl/α,β-unsaturated/α-hetero) is 1. The van der Waals surface area contributed by atoms with Crippen molar-refractivity contribution in [3.05, 3.63) is 0 Å². The average molecular weight is 209 g/mol. The monoisotopic (exact) mass is 208 g/mol. The first kappa shape index (κ1) is 8.79. The maximum Gasteiger partial charge on any atom is 0.201 e. The van der Waals surface area contributed by atoms with Crippen LogP contribution in [0.1, 0.15) is 19.3 Å². The molecule has 0 aromatic heterocycles. The first-order valence-electron chi connectivity index (χ1n) is 4.03. The Hall–Kier alpha value is 0.210. The predicted molar refractivity (Wildman–Crippen MR) is 46.5 cm³/mol. The number of fused-ring (bicyclic) bond motifs is 1. The third kappa shape index (κ3) is 0.740. The molecule has 0 spiro atoms. The van der Waals surface area contributed by atoms with Gasteiger partial charge in [0.15, 0.2) is 4.33 Å². The number of hydrogen-bond acceptors (Lipinski definition) is 2. The Labute approximate surface area is 81.2 Å². The lowest BCUT2D eigenvalue weighted by Gasteiger charge is -2.50. The lowest BCUT2D eigenvalue weighted by atomic mass is 9.69. The van der Waals surface area contributed by atoms with Gasteiger partial charge in [-0.05, 0) is 19.3 Å². The Morgan fingerprint density at radius 1 is 1.58 bits per heavy atom. The van der Waals surface area contributed by atoms with Crippen molar-refractivity contribution in [3.8, 4) is 0 Å². The van der Waals surface area contributed by atoms with E-state index in [1.54, 1.807) is 7.11 Å². The van der Waals surface area contributed by atoms with Crippen LogP contribution in [0, 0.1) is 5.92 Å². The second-order valence-corrected chi connectivity index (χ2v) is 4.88. The average Bonchev–Trinajstić information content (AvgIpc) is 2.45. The first-order valence-corrected chi connectivity index (χ1v) is 4.79. The second kappa shape index (κ2) is 2.37. The molecule has 68 valence electrons. The van der Waals surface area contributed by atoms with E-state index in [0.717, 1.165) is 19.3 Å². The molecule has 0 aromatic carbocycles. The number of ketones is 1. The molecule has 2 fully saturated rings. The molecular formula is C8H10Cl2O2. The van der Waals surface area contributed by atoms with Gasteiger partial charge in [0, 0.05) is 13.0 Å². The molecule has 0 heterocycles. The maximum absolute atomic E-state index is 11.5. The Kier molecular flexibility index (Phi) is 1.74. The molecule has 0 bridgehead atoms. The van der Waals surface area contributed by atoms with Gasteiger partial charge < -0.3 is 4.74 Å². The summed E-state index contributed by atoms with van der Waals surface area (Å²) in [6.07, 6.45) is 2.65. The summed E-state index contributed by atoms with van der Waals surface area (Å²) in [4.78, 5) is 11.5. The zero-order chi connectivity index (χ0) is 8.98. The zero-order valence-corrected chi connectivity index (χ0v) is 8.28. The number of alkyl halides is 2. The summed E-state index contributed by atoms with van der Waals surface area (Å²) in [6, 6.07) is 0. The van der Waals surface area contributed by atoms with E-state index in [4.69, 9.17) is 27.9 Å². The van der Waals surface area contributed by atoms with Crippen LogP contribution in [-0.2, 0) is 9.53 Å². The molecule has 2 aliphatic rings. The minimum Gasteiger partial charge on any atom is -0.370 e. The van der Waals surface area contributed by atoms with Gasteiger partial charge in [-0.25, -0.2) is 0 Å². The molecule has 2 atom stereocenters. The highest BCUT2D eigenvalue weighted by molar-refractivity contribution is 6.61. The molecule has 2 saturated carbocycles. The van der Waals surface area contributed by atoms with Crippen molar-refractivity contribution in [2.75, 3.05) is 7.11 Å². The van der Waals surface area contributed by atoms with Gasteiger partial charge in [0.25, 0.3) is 0 Å². The molecule has 2 nitrogen and oxygen atoms in total. The Balaban J connectivity index is 2.33. The summed E-state index contributed by atoms with van der Waals surface area (Å²) in [7, 11) is 1.55. The van der Waals surface area contributed by atoms with Crippen LogP contribution in [0.2, 0.25) is 0 Å². The minimum absolute atomic E-state index is 0.00540. The van der Waals surface area contributed by atoms with E-state index < -0.39 is 9.93 Å². The van der Waals surface area contributed by atoms with Crippen molar-refractivity contribution in [2.45, 2.75) is 29.2 Å². The number of rotatable bonds is 1. The first-order chi connectivity index (χ1) is 5.55. The largest absolute Gasteiger partial charge is 0.370 e. The summed E-state index contributed by atoms with van der Waals surface area (Å²) in [6.45, 7) is 0. The van der Waals surface area contributed by atoms with E-state index in [9.17, 15) is 4.79 Å². The Morgan fingerprint density at radius 2 is 2.25 bits per heavy atom. The number of carbonyl (C=O) groups excluding carboxylic acids is 1. The fourth-order valence-corrected chi connectivity index (χ4v) is 3.31. The molecule has 2 aliphatic carbocycles. The lowest BCUT2D eigenvalue weighted by Crippen LogP contribution is -2.68. The van der Waals surface area contributed by atoms with Crippen LogP contribution in [-0.4, -0.2) is 22.8 Å². The van der Waals surface area contributed by atoms with Crippen molar-refractivity contribution in [1.29, 1.82) is 0 Å². The molecule has 2 rings (SSSR count). The van der Waals surface area contributed by atoms with Crippen LogP contribution in [0.15, 0.2) is 0 Å². The van der Waals surface area contributed by atoms with E-state index in [1.165, 1.54) is 0 Å². The van der Waals surface area contributed by atoms with Crippen molar-refractivity contribution in [2.24, 2.45) is 5.92 Å². The predicted octanol–water partition coefficient (Wildman–Crippen LogP) is 1.93. The lowest BCUT2D eigenvalue weighted by molar-refractivity contribution is -0.166. The molecular weight excluding hydrogens is 199 g/mol. The summed E-state index contributed by atoms with van der Waals surface area (Å²) < 4.78 is 4.05. The number of hydrogen-bond donors (Lipinski definition) is 0. The Bertz CT molecular complexity index is 239. The third-order valence-corrected chi connectivity index (χ3v) is 3.96. The van der Waals surface area contributed by atoms with Gasteiger partial charge in [-0.3, -0.25) is 4.79 Å². The number of carbonyl (C=O) groups is 1. The van der Waals surface area contributed by atoms with Crippen molar-refractivity contribution in [3.63, 3.8) is 0 Å². The number of ether oxygens (including phenoxy) is 1. The molecule has 0 aromatic rings. The third-order valence-electron chi connectivity index (χ3n) is 3.09. The molecule has 4 heteroatoms. The van der Waals surface area contributed by atoms with Crippen molar-refractivity contribution < 1.29 is 9.53 Å². The van der Waals surface area contributed by atoms with Gasteiger partial charge in [-0.2, -0.15) is 0 Å². The summed E-state index contributed by atoms with van der Waals surface area (Å²) in [5, 5.41) is 0. The molecule has 0 saturated heterocycles. The number of halogens is 2. The standard InChI is InChI=1S/C8H10Cl2O2/c1-12-7-4-2-3-5(7)8(9,10)6(7)11/h5H,2-4H2,1H3. The fraction of sp³-hybridized carbons (Fsp3) is 0.875. The van der Waals surface area contributed by atoms with Crippen LogP contribution in [0.25, 0.3) is 0 Å².